The molecule has 2 heterocycles. The van der Waals surface area contributed by atoms with E-state index >= 15 is 0 Å². The summed E-state index contributed by atoms with van der Waals surface area (Å²) in [6, 6.07) is 1.73. The molecule has 0 aliphatic carbocycles. The summed E-state index contributed by atoms with van der Waals surface area (Å²) in [7, 11) is 1.56. The monoisotopic (exact) mass is 224 g/mol. The number of aliphatic hydroxyl groups is 1. The smallest absolute Gasteiger partial charge is 0.216 e. The molecule has 16 heavy (non-hydrogen) atoms. The molecule has 2 rings (SSSR count). The summed E-state index contributed by atoms with van der Waals surface area (Å²) in [5.74, 6) is 0.518. The Hall–Kier alpha value is -1.20. The fourth-order valence-electron chi connectivity index (χ4n) is 1.85. The summed E-state index contributed by atoms with van der Waals surface area (Å²) < 4.78 is 10.4. The SMILES string of the molecule is COc1cc(CC(O)C2CCCO2)ncn1. The molecule has 1 fully saturated rings. The molecule has 1 aromatic rings. The average Bonchev–Trinajstić information content (AvgIpc) is 2.83. The molecule has 1 aliphatic rings. The second-order valence-electron chi connectivity index (χ2n) is 3.87. The first-order valence-corrected chi connectivity index (χ1v) is 5.44. The van der Waals surface area contributed by atoms with E-state index in [1.165, 1.54) is 6.33 Å². The Balaban J connectivity index is 1.96. The number of aliphatic hydroxyl groups excluding tert-OH is 1. The quantitative estimate of drug-likeness (QED) is 0.810. The first-order valence-electron chi connectivity index (χ1n) is 5.44. The Morgan fingerprint density at radius 3 is 3.19 bits per heavy atom. The summed E-state index contributed by atoms with van der Waals surface area (Å²) in [6.45, 7) is 0.745. The van der Waals surface area contributed by atoms with Crippen LogP contribution in [-0.2, 0) is 11.2 Å². The summed E-state index contributed by atoms with van der Waals surface area (Å²) >= 11 is 0. The molecule has 1 N–H and O–H groups in total. The van der Waals surface area contributed by atoms with Crippen LogP contribution in [0, 0.1) is 0 Å². The summed E-state index contributed by atoms with van der Waals surface area (Å²) in [5, 5.41) is 9.94. The van der Waals surface area contributed by atoms with Gasteiger partial charge in [0.05, 0.1) is 25.0 Å². The van der Waals surface area contributed by atoms with E-state index in [1.54, 1.807) is 13.2 Å². The van der Waals surface area contributed by atoms with Crippen LogP contribution in [-0.4, -0.2) is 41.0 Å². The minimum Gasteiger partial charge on any atom is -0.481 e. The van der Waals surface area contributed by atoms with Gasteiger partial charge in [0.1, 0.15) is 6.33 Å². The highest BCUT2D eigenvalue weighted by Crippen LogP contribution is 2.18. The number of ether oxygens (including phenoxy) is 2. The van der Waals surface area contributed by atoms with E-state index in [0.29, 0.717) is 12.3 Å². The second kappa shape index (κ2) is 5.23. The van der Waals surface area contributed by atoms with Gasteiger partial charge in [-0.1, -0.05) is 0 Å². The number of methoxy groups -OCH3 is 1. The predicted molar refractivity (Wildman–Crippen MR) is 57.3 cm³/mol. The molecule has 1 aliphatic heterocycles. The molecule has 2 unspecified atom stereocenters. The van der Waals surface area contributed by atoms with Crippen LogP contribution in [0.1, 0.15) is 18.5 Å². The fourth-order valence-corrected chi connectivity index (χ4v) is 1.85. The van der Waals surface area contributed by atoms with Crippen LogP contribution in [0.3, 0.4) is 0 Å². The van der Waals surface area contributed by atoms with Gasteiger partial charge in [0, 0.05) is 19.1 Å². The molecular formula is C11H16N2O3. The van der Waals surface area contributed by atoms with E-state index in [2.05, 4.69) is 9.97 Å². The minimum atomic E-state index is -0.498. The molecule has 5 heteroatoms. The maximum atomic E-state index is 9.94. The van der Waals surface area contributed by atoms with Gasteiger partial charge in [-0.15, -0.1) is 0 Å². The van der Waals surface area contributed by atoms with E-state index in [9.17, 15) is 5.11 Å². The Kier molecular flexibility index (Phi) is 3.69. The Morgan fingerprint density at radius 1 is 1.62 bits per heavy atom. The molecule has 0 radical (unpaired) electrons. The van der Waals surface area contributed by atoms with Gasteiger partial charge < -0.3 is 14.6 Å². The van der Waals surface area contributed by atoms with Gasteiger partial charge in [-0.05, 0) is 12.8 Å². The Bertz CT molecular complexity index is 340. The van der Waals surface area contributed by atoms with Crippen molar-refractivity contribution in [3.05, 3.63) is 18.1 Å². The largest absolute Gasteiger partial charge is 0.481 e. The third kappa shape index (κ3) is 2.68. The van der Waals surface area contributed by atoms with Crippen molar-refractivity contribution in [2.45, 2.75) is 31.5 Å². The maximum Gasteiger partial charge on any atom is 0.216 e. The van der Waals surface area contributed by atoms with E-state index in [0.717, 1.165) is 25.1 Å². The normalized spacial score (nSPS) is 22.0. The number of nitrogens with zero attached hydrogens (tertiary/aromatic N) is 2. The van der Waals surface area contributed by atoms with Crippen molar-refractivity contribution in [2.24, 2.45) is 0 Å². The molecule has 0 saturated carbocycles. The third-order valence-corrected chi connectivity index (χ3v) is 2.72. The number of aromatic nitrogens is 2. The first-order chi connectivity index (χ1) is 7.79. The van der Waals surface area contributed by atoms with Crippen LogP contribution in [0.5, 0.6) is 5.88 Å². The van der Waals surface area contributed by atoms with Gasteiger partial charge in [0.25, 0.3) is 0 Å². The fraction of sp³-hybridized carbons (Fsp3) is 0.636. The zero-order valence-electron chi connectivity index (χ0n) is 9.30. The van der Waals surface area contributed by atoms with E-state index in [4.69, 9.17) is 9.47 Å². The highest BCUT2D eigenvalue weighted by Gasteiger charge is 2.24. The summed E-state index contributed by atoms with van der Waals surface area (Å²) in [4.78, 5) is 8.01. The van der Waals surface area contributed by atoms with Gasteiger partial charge in [-0.25, -0.2) is 9.97 Å². The number of rotatable bonds is 4. The lowest BCUT2D eigenvalue weighted by Crippen LogP contribution is -2.27. The van der Waals surface area contributed by atoms with Gasteiger partial charge in [0.15, 0.2) is 0 Å². The van der Waals surface area contributed by atoms with Crippen LogP contribution < -0.4 is 4.74 Å². The van der Waals surface area contributed by atoms with Crippen molar-refractivity contribution in [1.82, 2.24) is 9.97 Å². The lowest BCUT2D eigenvalue weighted by atomic mass is 10.1. The average molecular weight is 224 g/mol. The van der Waals surface area contributed by atoms with E-state index in [-0.39, 0.29) is 6.10 Å². The standard InChI is InChI=1S/C11H16N2O3/c1-15-11-6-8(12-7-13-11)5-9(14)10-3-2-4-16-10/h6-7,9-10,14H,2-5H2,1H3. The lowest BCUT2D eigenvalue weighted by Gasteiger charge is -2.16. The lowest BCUT2D eigenvalue weighted by molar-refractivity contribution is -0.00125. The van der Waals surface area contributed by atoms with Crippen molar-refractivity contribution in [2.75, 3.05) is 13.7 Å². The molecule has 1 aromatic heterocycles. The van der Waals surface area contributed by atoms with E-state index < -0.39 is 6.10 Å². The van der Waals surface area contributed by atoms with Crippen LogP contribution in [0.2, 0.25) is 0 Å². The zero-order valence-corrected chi connectivity index (χ0v) is 9.30. The molecule has 0 amide bonds. The van der Waals surface area contributed by atoms with Crippen LogP contribution >= 0.6 is 0 Å². The molecule has 0 aromatic carbocycles. The first kappa shape index (κ1) is 11.3. The van der Waals surface area contributed by atoms with Crippen molar-refractivity contribution >= 4 is 0 Å². The second-order valence-corrected chi connectivity index (χ2v) is 3.87. The Morgan fingerprint density at radius 2 is 2.50 bits per heavy atom. The van der Waals surface area contributed by atoms with Crippen LogP contribution in [0.25, 0.3) is 0 Å². The summed E-state index contributed by atoms with van der Waals surface area (Å²) in [5.41, 5.74) is 0.773. The van der Waals surface area contributed by atoms with Gasteiger partial charge in [-0.2, -0.15) is 0 Å². The van der Waals surface area contributed by atoms with Crippen molar-refractivity contribution < 1.29 is 14.6 Å². The third-order valence-electron chi connectivity index (χ3n) is 2.72. The van der Waals surface area contributed by atoms with Crippen molar-refractivity contribution in [3.8, 4) is 5.88 Å². The summed E-state index contributed by atoms with van der Waals surface area (Å²) in [6.07, 6.45) is 3.31. The highest BCUT2D eigenvalue weighted by molar-refractivity contribution is 5.14. The number of hydrogen-bond donors (Lipinski definition) is 1. The molecule has 2 atom stereocenters. The number of hydrogen-bond acceptors (Lipinski definition) is 5. The van der Waals surface area contributed by atoms with Crippen LogP contribution in [0.4, 0.5) is 0 Å². The van der Waals surface area contributed by atoms with Gasteiger partial charge in [-0.3, -0.25) is 0 Å². The zero-order chi connectivity index (χ0) is 11.4. The molecule has 88 valence electrons. The Labute approximate surface area is 94.4 Å². The molecular weight excluding hydrogens is 208 g/mol. The van der Waals surface area contributed by atoms with Crippen LogP contribution in [0.15, 0.2) is 12.4 Å². The predicted octanol–water partition coefficient (Wildman–Crippen LogP) is 0.568. The molecule has 0 spiro atoms. The highest BCUT2D eigenvalue weighted by atomic mass is 16.5. The van der Waals surface area contributed by atoms with Gasteiger partial charge >= 0.3 is 0 Å². The minimum absolute atomic E-state index is 0.0547. The van der Waals surface area contributed by atoms with Crippen molar-refractivity contribution in [1.29, 1.82) is 0 Å². The topological polar surface area (TPSA) is 64.5 Å². The maximum absolute atomic E-state index is 9.94. The molecule has 1 saturated heterocycles. The molecule has 0 bridgehead atoms. The van der Waals surface area contributed by atoms with E-state index in [1.807, 2.05) is 0 Å². The van der Waals surface area contributed by atoms with Gasteiger partial charge in [0.2, 0.25) is 5.88 Å². The van der Waals surface area contributed by atoms with Crippen molar-refractivity contribution in [3.63, 3.8) is 0 Å². The molecule has 5 nitrogen and oxygen atoms in total.